The predicted octanol–water partition coefficient (Wildman–Crippen LogP) is 4.09. The van der Waals surface area contributed by atoms with E-state index in [1.165, 1.54) is 64.5 Å². The van der Waals surface area contributed by atoms with Crippen LogP contribution in [0.1, 0.15) is 69.8 Å². The normalized spacial score (nSPS) is 22.1. The van der Waals surface area contributed by atoms with E-state index in [0.29, 0.717) is 18.7 Å². The Morgan fingerprint density at radius 2 is 1.74 bits per heavy atom. The van der Waals surface area contributed by atoms with Crippen LogP contribution in [0.3, 0.4) is 0 Å². The predicted molar refractivity (Wildman–Crippen MR) is 126 cm³/mol. The first-order valence-electron chi connectivity index (χ1n) is 12.3. The Morgan fingerprint density at radius 3 is 2.42 bits per heavy atom. The van der Waals surface area contributed by atoms with Gasteiger partial charge in [-0.2, -0.15) is 0 Å². The van der Waals surface area contributed by atoms with Gasteiger partial charge in [-0.15, -0.1) is 0 Å². The number of methoxy groups -OCH3 is 1. The molecule has 1 saturated heterocycles. The van der Waals surface area contributed by atoms with E-state index in [1.54, 1.807) is 7.11 Å². The number of aliphatic imine (C=N–C) groups is 1. The van der Waals surface area contributed by atoms with Crippen LogP contribution in [-0.2, 0) is 6.54 Å². The molecule has 0 atom stereocenters. The minimum Gasteiger partial charge on any atom is -0.497 e. The molecular formula is C25H40N4O2. The number of ether oxygens (including phenoxy) is 2. The topological polar surface area (TPSA) is 58.1 Å². The number of hydrogen-bond donors (Lipinski definition) is 2. The maximum atomic E-state index is 6.34. The van der Waals surface area contributed by atoms with Crippen molar-refractivity contribution in [2.24, 2.45) is 4.99 Å². The minimum absolute atomic E-state index is 0.327. The van der Waals surface area contributed by atoms with Crippen LogP contribution < -0.4 is 20.1 Å². The van der Waals surface area contributed by atoms with Crippen molar-refractivity contribution in [3.63, 3.8) is 0 Å². The summed E-state index contributed by atoms with van der Waals surface area (Å²) in [6, 6.07) is 7.46. The maximum Gasteiger partial charge on any atom is 0.191 e. The summed E-state index contributed by atoms with van der Waals surface area (Å²) in [7, 11) is 3.56. The standard InChI is InChI=1S/C25H40N4O2/c1-26-25(28-20-13-15-29(16-14-20)21-7-3-4-8-21)27-18-19-11-12-23(30-2)17-24(19)31-22-9-5-6-10-22/h11-12,17,20-22H,3-10,13-16,18H2,1-2H3,(H2,26,27,28). The third-order valence-electron chi connectivity index (χ3n) is 7.25. The first-order valence-corrected chi connectivity index (χ1v) is 12.3. The highest BCUT2D eigenvalue weighted by molar-refractivity contribution is 5.80. The zero-order valence-corrected chi connectivity index (χ0v) is 19.4. The molecule has 31 heavy (non-hydrogen) atoms. The molecule has 1 heterocycles. The van der Waals surface area contributed by atoms with E-state index >= 15 is 0 Å². The SMILES string of the molecule is CN=C(NCc1ccc(OC)cc1OC1CCCC1)NC1CCN(C2CCCC2)CC1. The molecule has 3 fully saturated rings. The van der Waals surface area contributed by atoms with Crippen LogP contribution in [0.15, 0.2) is 23.2 Å². The van der Waals surface area contributed by atoms with Crippen molar-refractivity contribution >= 4 is 5.96 Å². The van der Waals surface area contributed by atoms with Gasteiger partial charge in [-0.3, -0.25) is 4.99 Å². The lowest BCUT2D eigenvalue weighted by molar-refractivity contribution is 0.150. The van der Waals surface area contributed by atoms with Gasteiger partial charge in [0.25, 0.3) is 0 Å². The third kappa shape index (κ3) is 6.06. The lowest BCUT2D eigenvalue weighted by Gasteiger charge is -2.36. The number of rotatable bonds is 7. The molecule has 2 N–H and O–H groups in total. The Morgan fingerprint density at radius 1 is 1.03 bits per heavy atom. The van der Waals surface area contributed by atoms with Gasteiger partial charge in [-0.25, -0.2) is 0 Å². The first-order chi connectivity index (χ1) is 15.2. The summed E-state index contributed by atoms with van der Waals surface area (Å²) in [5, 5.41) is 7.16. The number of nitrogens with one attached hydrogen (secondary N) is 2. The van der Waals surface area contributed by atoms with Crippen LogP contribution in [0.4, 0.5) is 0 Å². The molecule has 2 aliphatic carbocycles. The van der Waals surface area contributed by atoms with Gasteiger partial charge in [0.1, 0.15) is 11.5 Å². The van der Waals surface area contributed by atoms with Crippen molar-refractivity contribution in [2.75, 3.05) is 27.2 Å². The van der Waals surface area contributed by atoms with Crippen molar-refractivity contribution in [1.29, 1.82) is 0 Å². The third-order valence-corrected chi connectivity index (χ3v) is 7.25. The van der Waals surface area contributed by atoms with Crippen molar-refractivity contribution in [2.45, 2.75) is 88.9 Å². The molecule has 1 aromatic rings. The fourth-order valence-electron chi connectivity index (χ4n) is 5.35. The molecule has 0 bridgehead atoms. The zero-order valence-electron chi connectivity index (χ0n) is 19.4. The van der Waals surface area contributed by atoms with E-state index in [4.69, 9.17) is 9.47 Å². The molecule has 3 aliphatic rings. The largest absolute Gasteiger partial charge is 0.497 e. The number of likely N-dealkylation sites (tertiary alicyclic amines) is 1. The molecule has 0 amide bonds. The molecule has 0 radical (unpaired) electrons. The molecule has 1 aromatic carbocycles. The first kappa shape index (κ1) is 22.3. The van der Waals surface area contributed by atoms with Crippen LogP contribution in [0.25, 0.3) is 0 Å². The fraction of sp³-hybridized carbons (Fsp3) is 0.720. The van der Waals surface area contributed by atoms with Gasteiger partial charge in [0.15, 0.2) is 5.96 Å². The molecule has 0 aromatic heterocycles. The van der Waals surface area contributed by atoms with E-state index in [2.05, 4.69) is 26.6 Å². The Balaban J connectivity index is 1.29. The molecule has 6 heteroatoms. The minimum atomic E-state index is 0.327. The second-order valence-corrected chi connectivity index (χ2v) is 9.32. The lowest BCUT2D eigenvalue weighted by atomic mass is 10.0. The molecule has 0 spiro atoms. The Bertz CT molecular complexity index is 718. The summed E-state index contributed by atoms with van der Waals surface area (Å²) in [4.78, 5) is 7.19. The molecular weight excluding hydrogens is 388 g/mol. The van der Waals surface area contributed by atoms with Gasteiger partial charge in [0.2, 0.25) is 0 Å². The quantitative estimate of drug-likeness (QED) is 0.506. The van der Waals surface area contributed by atoms with Gasteiger partial charge in [0, 0.05) is 50.4 Å². The number of nitrogens with zero attached hydrogens (tertiary/aromatic N) is 2. The zero-order chi connectivity index (χ0) is 21.5. The lowest BCUT2D eigenvalue weighted by Crippen LogP contribution is -2.50. The highest BCUT2D eigenvalue weighted by Crippen LogP contribution is 2.30. The second kappa shape index (κ2) is 11.1. The van der Waals surface area contributed by atoms with Crippen LogP contribution >= 0.6 is 0 Å². The number of guanidine groups is 1. The van der Waals surface area contributed by atoms with Crippen LogP contribution in [-0.4, -0.2) is 56.3 Å². The van der Waals surface area contributed by atoms with Crippen LogP contribution in [0.2, 0.25) is 0 Å². The van der Waals surface area contributed by atoms with Gasteiger partial charge in [-0.1, -0.05) is 12.8 Å². The number of hydrogen-bond acceptors (Lipinski definition) is 4. The molecule has 6 nitrogen and oxygen atoms in total. The number of piperidine rings is 1. The number of benzene rings is 1. The summed E-state index contributed by atoms with van der Waals surface area (Å²) in [6.45, 7) is 3.10. The molecule has 1 aliphatic heterocycles. The fourth-order valence-corrected chi connectivity index (χ4v) is 5.35. The van der Waals surface area contributed by atoms with Crippen molar-refractivity contribution < 1.29 is 9.47 Å². The van der Waals surface area contributed by atoms with E-state index in [1.807, 2.05) is 19.2 Å². The van der Waals surface area contributed by atoms with E-state index in [0.717, 1.165) is 41.9 Å². The van der Waals surface area contributed by atoms with E-state index < -0.39 is 0 Å². The second-order valence-electron chi connectivity index (χ2n) is 9.32. The Hall–Kier alpha value is -1.95. The van der Waals surface area contributed by atoms with Gasteiger partial charge < -0.3 is 25.0 Å². The van der Waals surface area contributed by atoms with Crippen molar-refractivity contribution in [1.82, 2.24) is 15.5 Å². The summed E-state index contributed by atoms with van der Waals surface area (Å²) in [6.07, 6.45) is 13.1. The average Bonchev–Trinajstić information content (AvgIpc) is 3.52. The van der Waals surface area contributed by atoms with Crippen molar-refractivity contribution in [3.8, 4) is 11.5 Å². The summed E-state index contributed by atoms with van der Waals surface area (Å²) >= 11 is 0. The Labute approximate surface area is 187 Å². The van der Waals surface area contributed by atoms with Crippen LogP contribution in [0.5, 0.6) is 11.5 Å². The van der Waals surface area contributed by atoms with Crippen molar-refractivity contribution in [3.05, 3.63) is 23.8 Å². The highest BCUT2D eigenvalue weighted by atomic mass is 16.5. The van der Waals surface area contributed by atoms with E-state index in [9.17, 15) is 0 Å². The molecule has 0 unspecified atom stereocenters. The van der Waals surface area contributed by atoms with Crippen LogP contribution in [0, 0.1) is 0 Å². The Kier molecular flexibility index (Phi) is 7.95. The van der Waals surface area contributed by atoms with Gasteiger partial charge in [-0.05, 0) is 63.5 Å². The molecule has 172 valence electrons. The summed E-state index contributed by atoms with van der Waals surface area (Å²) in [5.41, 5.74) is 1.15. The maximum absolute atomic E-state index is 6.34. The molecule has 2 saturated carbocycles. The van der Waals surface area contributed by atoms with Gasteiger partial charge in [0.05, 0.1) is 13.2 Å². The average molecular weight is 429 g/mol. The highest BCUT2D eigenvalue weighted by Gasteiger charge is 2.27. The summed E-state index contributed by atoms with van der Waals surface area (Å²) in [5.74, 6) is 2.65. The van der Waals surface area contributed by atoms with Gasteiger partial charge >= 0.3 is 0 Å². The van der Waals surface area contributed by atoms with E-state index in [-0.39, 0.29) is 0 Å². The monoisotopic (exact) mass is 428 g/mol. The smallest absolute Gasteiger partial charge is 0.191 e. The molecule has 4 rings (SSSR count). The summed E-state index contributed by atoms with van der Waals surface area (Å²) < 4.78 is 11.8.